The fraction of sp³-hybridized carbons (Fsp3) is 0.300. The average Bonchev–Trinajstić information content (AvgIpc) is 3.03. The summed E-state index contributed by atoms with van der Waals surface area (Å²) in [6, 6.07) is 11.2. The Kier molecular flexibility index (Phi) is 5.63. The molecule has 0 spiro atoms. The van der Waals surface area contributed by atoms with Gasteiger partial charge in [-0.1, -0.05) is 35.9 Å². The summed E-state index contributed by atoms with van der Waals surface area (Å²) >= 11 is 6.14. The van der Waals surface area contributed by atoms with E-state index in [0.717, 1.165) is 11.0 Å². The monoisotopic (exact) mass is 451 g/mol. The van der Waals surface area contributed by atoms with E-state index in [1.54, 1.807) is 29.2 Å². The molecule has 4 rings (SSSR count). The number of para-hydroxylation sites is 1. The van der Waals surface area contributed by atoms with Crippen LogP contribution in [0.25, 0.3) is 0 Å². The van der Waals surface area contributed by atoms with E-state index in [-0.39, 0.29) is 49.3 Å². The molecule has 0 aliphatic carbocycles. The van der Waals surface area contributed by atoms with Crippen LogP contribution in [0.1, 0.15) is 6.42 Å². The van der Waals surface area contributed by atoms with Crippen molar-refractivity contribution in [2.24, 2.45) is 0 Å². The third-order valence-corrected chi connectivity index (χ3v) is 7.64. The number of carbonyl (C=O) groups is 2. The van der Waals surface area contributed by atoms with Crippen molar-refractivity contribution in [2.75, 3.05) is 31.1 Å². The van der Waals surface area contributed by atoms with E-state index in [4.69, 9.17) is 11.6 Å². The lowest BCUT2D eigenvalue weighted by Crippen LogP contribution is -2.53. The highest BCUT2D eigenvalue weighted by Crippen LogP contribution is 2.32. The average molecular weight is 452 g/mol. The summed E-state index contributed by atoms with van der Waals surface area (Å²) in [5, 5.41) is 0.306. The number of rotatable bonds is 4. The summed E-state index contributed by atoms with van der Waals surface area (Å²) in [5.41, 5.74) is 0.345. The van der Waals surface area contributed by atoms with Crippen LogP contribution in [0.15, 0.2) is 53.4 Å². The first kappa shape index (κ1) is 20.9. The predicted octanol–water partition coefficient (Wildman–Crippen LogP) is 2.12. The zero-order chi connectivity index (χ0) is 21.5. The molecule has 2 saturated heterocycles. The van der Waals surface area contributed by atoms with Crippen LogP contribution in [-0.4, -0.2) is 61.7 Å². The van der Waals surface area contributed by atoms with E-state index >= 15 is 0 Å². The van der Waals surface area contributed by atoms with Crippen LogP contribution in [0.2, 0.25) is 5.02 Å². The molecule has 2 fully saturated rings. The van der Waals surface area contributed by atoms with Gasteiger partial charge in [-0.2, -0.15) is 4.31 Å². The summed E-state index contributed by atoms with van der Waals surface area (Å²) < 4.78 is 40.7. The molecule has 0 N–H and O–H groups in total. The van der Waals surface area contributed by atoms with Gasteiger partial charge in [0.1, 0.15) is 10.7 Å². The van der Waals surface area contributed by atoms with Gasteiger partial charge in [0.25, 0.3) is 5.91 Å². The maximum atomic E-state index is 14.0. The molecular weight excluding hydrogens is 433 g/mol. The van der Waals surface area contributed by atoms with Gasteiger partial charge in [-0.3, -0.25) is 14.5 Å². The van der Waals surface area contributed by atoms with Crippen molar-refractivity contribution < 1.29 is 22.4 Å². The Labute approximate surface area is 178 Å². The molecular formula is C20H19ClFN3O4S. The molecule has 2 aromatic carbocycles. The van der Waals surface area contributed by atoms with Crippen LogP contribution in [0.5, 0.6) is 0 Å². The quantitative estimate of drug-likeness (QED) is 0.665. The maximum Gasteiger partial charge on any atom is 0.251 e. The normalized spacial score (nSPS) is 21.4. The summed E-state index contributed by atoms with van der Waals surface area (Å²) in [4.78, 5) is 28.0. The standard InChI is InChI=1S/C20H19ClFN3O4S/c21-14-5-1-3-7-16(14)25-19(26)13-17(20(25)27)23-9-11-24(12-10-23)30(28,29)18-8-4-2-6-15(18)22/h1-8,17H,9-13H2/t17-/m0/s1. The molecule has 158 valence electrons. The van der Waals surface area contributed by atoms with Gasteiger partial charge in [0.05, 0.1) is 23.2 Å². The van der Waals surface area contributed by atoms with Crippen LogP contribution in [0, 0.1) is 5.82 Å². The zero-order valence-corrected chi connectivity index (χ0v) is 17.4. The number of hydrogen-bond donors (Lipinski definition) is 0. The molecule has 1 atom stereocenters. The molecule has 2 aliphatic heterocycles. The molecule has 0 unspecified atom stereocenters. The smallest absolute Gasteiger partial charge is 0.251 e. The number of hydrogen-bond acceptors (Lipinski definition) is 5. The topological polar surface area (TPSA) is 78.0 Å². The Morgan fingerprint density at radius 3 is 2.23 bits per heavy atom. The van der Waals surface area contributed by atoms with Gasteiger partial charge < -0.3 is 0 Å². The summed E-state index contributed by atoms with van der Waals surface area (Å²) in [5.74, 6) is -1.52. The highest BCUT2D eigenvalue weighted by atomic mass is 35.5. The number of amides is 2. The third-order valence-electron chi connectivity index (χ3n) is 5.38. The summed E-state index contributed by atoms with van der Waals surface area (Å²) in [7, 11) is -3.97. The minimum absolute atomic E-state index is 0.00409. The zero-order valence-electron chi connectivity index (χ0n) is 15.9. The number of carbonyl (C=O) groups excluding carboxylic acids is 2. The van der Waals surface area contributed by atoms with E-state index in [1.165, 1.54) is 22.5 Å². The van der Waals surface area contributed by atoms with Gasteiger partial charge in [0.2, 0.25) is 15.9 Å². The third kappa shape index (κ3) is 3.62. The maximum absolute atomic E-state index is 14.0. The van der Waals surface area contributed by atoms with Gasteiger partial charge in [-0.05, 0) is 24.3 Å². The summed E-state index contributed by atoms with van der Waals surface area (Å²) in [6.45, 7) is 0.711. The van der Waals surface area contributed by atoms with Crippen molar-refractivity contribution in [3.63, 3.8) is 0 Å². The second-order valence-electron chi connectivity index (χ2n) is 7.11. The van der Waals surface area contributed by atoms with Gasteiger partial charge in [-0.15, -0.1) is 0 Å². The molecule has 0 aromatic heterocycles. The minimum atomic E-state index is -3.97. The number of imide groups is 1. The number of nitrogens with zero attached hydrogens (tertiary/aromatic N) is 3. The fourth-order valence-corrected chi connectivity index (χ4v) is 5.54. The largest absolute Gasteiger partial charge is 0.289 e. The van der Waals surface area contributed by atoms with Gasteiger partial charge in [0, 0.05) is 26.2 Å². The first-order chi connectivity index (χ1) is 14.3. The highest BCUT2D eigenvalue weighted by molar-refractivity contribution is 7.89. The first-order valence-electron chi connectivity index (χ1n) is 9.41. The van der Waals surface area contributed by atoms with Crippen LogP contribution in [-0.2, 0) is 19.6 Å². The van der Waals surface area contributed by atoms with Crippen LogP contribution in [0.3, 0.4) is 0 Å². The lowest BCUT2D eigenvalue weighted by Gasteiger charge is -2.36. The number of benzene rings is 2. The van der Waals surface area contributed by atoms with Crippen LogP contribution in [0.4, 0.5) is 10.1 Å². The molecule has 0 radical (unpaired) electrons. The van der Waals surface area contributed by atoms with Gasteiger partial charge >= 0.3 is 0 Å². The van der Waals surface area contributed by atoms with Crippen molar-refractivity contribution in [1.29, 1.82) is 0 Å². The van der Waals surface area contributed by atoms with E-state index < -0.39 is 21.9 Å². The minimum Gasteiger partial charge on any atom is -0.289 e. The van der Waals surface area contributed by atoms with Crippen LogP contribution < -0.4 is 4.90 Å². The number of piperazine rings is 1. The Balaban J connectivity index is 1.47. The van der Waals surface area contributed by atoms with E-state index in [2.05, 4.69) is 0 Å². The second kappa shape index (κ2) is 8.07. The van der Waals surface area contributed by atoms with Crippen molar-refractivity contribution in [3.8, 4) is 0 Å². The van der Waals surface area contributed by atoms with Crippen molar-refractivity contribution >= 4 is 39.1 Å². The molecule has 2 aliphatic rings. The Morgan fingerprint density at radius 1 is 0.933 bits per heavy atom. The highest BCUT2D eigenvalue weighted by Gasteiger charge is 2.44. The van der Waals surface area contributed by atoms with Crippen molar-refractivity contribution in [1.82, 2.24) is 9.21 Å². The van der Waals surface area contributed by atoms with Crippen molar-refractivity contribution in [3.05, 3.63) is 59.4 Å². The molecule has 2 amide bonds. The van der Waals surface area contributed by atoms with E-state index in [9.17, 15) is 22.4 Å². The Bertz CT molecular complexity index is 1100. The molecule has 0 bridgehead atoms. The van der Waals surface area contributed by atoms with Gasteiger partial charge in [-0.25, -0.2) is 17.7 Å². The lowest BCUT2D eigenvalue weighted by molar-refractivity contribution is -0.123. The lowest BCUT2D eigenvalue weighted by atomic mass is 10.2. The molecule has 0 saturated carbocycles. The van der Waals surface area contributed by atoms with E-state index in [1.807, 2.05) is 0 Å². The number of halogens is 2. The van der Waals surface area contributed by atoms with Gasteiger partial charge in [0.15, 0.2) is 0 Å². The SMILES string of the molecule is O=C1C[C@H](N2CCN(S(=O)(=O)c3ccccc3F)CC2)C(=O)N1c1ccccc1Cl. The Morgan fingerprint density at radius 2 is 1.57 bits per heavy atom. The van der Waals surface area contributed by atoms with Crippen LogP contribution >= 0.6 is 11.6 Å². The molecule has 2 heterocycles. The fourth-order valence-electron chi connectivity index (χ4n) is 3.84. The number of sulfonamides is 1. The van der Waals surface area contributed by atoms with E-state index in [0.29, 0.717) is 10.7 Å². The number of anilines is 1. The molecule has 7 nitrogen and oxygen atoms in total. The van der Waals surface area contributed by atoms with Crippen molar-refractivity contribution in [2.45, 2.75) is 17.4 Å². The predicted molar refractivity (Wildman–Crippen MR) is 109 cm³/mol. The second-order valence-corrected chi connectivity index (χ2v) is 9.42. The summed E-state index contributed by atoms with van der Waals surface area (Å²) in [6.07, 6.45) is 0.00409. The Hall–Kier alpha value is -2.33. The molecule has 2 aromatic rings. The molecule has 30 heavy (non-hydrogen) atoms. The molecule has 10 heteroatoms. The first-order valence-corrected chi connectivity index (χ1v) is 11.2.